The molecular formula is C21H25FN6S. The van der Waals surface area contributed by atoms with Crippen molar-refractivity contribution in [3.8, 4) is 0 Å². The first kappa shape index (κ1) is 19.7. The van der Waals surface area contributed by atoms with Gasteiger partial charge in [0.15, 0.2) is 0 Å². The average molecular weight is 413 g/mol. The van der Waals surface area contributed by atoms with Gasteiger partial charge in [-0.05, 0) is 35.9 Å². The lowest BCUT2D eigenvalue weighted by Gasteiger charge is -2.34. The molecule has 2 aromatic heterocycles. The SMILES string of the molecule is CCN1CCN(c2ccc(CNc3nnc(Cc4ccc(F)cc4)s3)cn2)CC1. The molecule has 1 aliphatic rings. The molecule has 1 fully saturated rings. The van der Waals surface area contributed by atoms with Crippen LogP contribution in [0.5, 0.6) is 0 Å². The second kappa shape index (κ2) is 9.28. The highest BCUT2D eigenvalue weighted by atomic mass is 32.1. The summed E-state index contributed by atoms with van der Waals surface area (Å²) in [6.07, 6.45) is 2.58. The molecule has 152 valence electrons. The number of piperazine rings is 1. The van der Waals surface area contributed by atoms with Crippen LogP contribution in [0.15, 0.2) is 42.6 Å². The first-order valence-electron chi connectivity index (χ1n) is 9.92. The molecule has 0 unspecified atom stereocenters. The van der Waals surface area contributed by atoms with Gasteiger partial charge in [-0.3, -0.25) is 0 Å². The van der Waals surface area contributed by atoms with Crippen LogP contribution in [0, 0.1) is 5.82 Å². The van der Waals surface area contributed by atoms with Gasteiger partial charge in [0.05, 0.1) is 0 Å². The smallest absolute Gasteiger partial charge is 0.205 e. The topological polar surface area (TPSA) is 57.2 Å². The Labute approximate surface area is 174 Å². The van der Waals surface area contributed by atoms with Gasteiger partial charge in [0.1, 0.15) is 16.6 Å². The predicted molar refractivity (Wildman–Crippen MR) is 115 cm³/mol. The van der Waals surface area contributed by atoms with E-state index in [-0.39, 0.29) is 5.82 Å². The van der Waals surface area contributed by atoms with E-state index in [4.69, 9.17) is 0 Å². The molecule has 0 radical (unpaired) electrons. The Morgan fingerprint density at radius 2 is 1.76 bits per heavy atom. The molecule has 1 N–H and O–H groups in total. The molecule has 0 amide bonds. The molecule has 4 rings (SSSR count). The molecule has 0 bridgehead atoms. The van der Waals surface area contributed by atoms with E-state index in [0.29, 0.717) is 13.0 Å². The van der Waals surface area contributed by atoms with Crippen LogP contribution in [-0.2, 0) is 13.0 Å². The molecule has 8 heteroatoms. The standard InChI is InChI=1S/C21H25FN6S/c1-2-27-9-11-28(12-10-27)19-8-5-17(14-23-19)15-24-21-26-25-20(29-21)13-16-3-6-18(22)7-4-16/h3-8,14H,2,9-13,15H2,1H3,(H,24,26). The molecule has 29 heavy (non-hydrogen) atoms. The Balaban J connectivity index is 1.28. The normalized spacial score (nSPS) is 14.9. The van der Waals surface area contributed by atoms with Crippen molar-refractivity contribution in [1.82, 2.24) is 20.1 Å². The molecule has 0 aliphatic carbocycles. The van der Waals surface area contributed by atoms with Crippen LogP contribution >= 0.6 is 11.3 Å². The molecular weight excluding hydrogens is 387 g/mol. The fourth-order valence-corrected chi connectivity index (χ4v) is 4.12. The van der Waals surface area contributed by atoms with Gasteiger partial charge in [0.25, 0.3) is 0 Å². The molecule has 0 saturated carbocycles. The van der Waals surface area contributed by atoms with Crippen LogP contribution in [0.25, 0.3) is 0 Å². The molecule has 0 atom stereocenters. The summed E-state index contributed by atoms with van der Waals surface area (Å²) in [4.78, 5) is 9.44. The van der Waals surface area contributed by atoms with Crippen LogP contribution in [0.2, 0.25) is 0 Å². The monoisotopic (exact) mass is 412 g/mol. The zero-order chi connectivity index (χ0) is 20.1. The van der Waals surface area contributed by atoms with Gasteiger partial charge in [0.2, 0.25) is 5.13 Å². The Morgan fingerprint density at radius 1 is 1.00 bits per heavy atom. The third-order valence-corrected chi connectivity index (χ3v) is 6.01. The Morgan fingerprint density at radius 3 is 2.45 bits per heavy atom. The van der Waals surface area contributed by atoms with Crippen molar-refractivity contribution in [3.63, 3.8) is 0 Å². The third kappa shape index (κ3) is 5.27. The number of benzene rings is 1. The number of halogens is 1. The first-order valence-corrected chi connectivity index (χ1v) is 10.7. The predicted octanol–water partition coefficient (Wildman–Crippen LogP) is 3.42. The number of hydrogen-bond acceptors (Lipinski definition) is 7. The van der Waals surface area contributed by atoms with Crippen molar-refractivity contribution >= 4 is 22.3 Å². The lowest BCUT2D eigenvalue weighted by molar-refractivity contribution is 0.270. The van der Waals surface area contributed by atoms with Crippen LogP contribution in [0.4, 0.5) is 15.3 Å². The number of pyridine rings is 1. The van der Waals surface area contributed by atoms with Crippen molar-refractivity contribution in [3.05, 3.63) is 64.5 Å². The third-order valence-electron chi connectivity index (χ3n) is 5.13. The number of hydrogen-bond donors (Lipinski definition) is 1. The number of nitrogens with one attached hydrogen (secondary N) is 1. The Kier molecular flexibility index (Phi) is 6.31. The van der Waals surface area contributed by atoms with E-state index < -0.39 is 0 Å². The second-order valence-electron chi connectivity index (χ2n) is 7.10. The quantitative estimate of drug-likeness (QED) is 0.642. The number of rotatable bonds is 7. The summed E-state index contributed by atoms with van der Waals surface area (Å²) < 4.78 is 13.0. The molecule has 3 heterocycles. The minimum Gasteiger partial charge on any atom is -0.356 e. The van der Waals surface area contributed by atoms with E-state index in [1.54, 1.807) is 12.1 Å². The van der Waals surface area contributed by atoms with Gasteiger partial charge in [-0.25, -0.2) is 9.37 Å². The van der Waals surface area contributed by atoms with Crippen LogP contribution in [-0.4, -0.2) is 52.8 Å². The summed E-state index contributed by atoms with van der Waals surface area (Å²) >= 11 is 1.52. The summed E-state index contributed by atoms with van der Waals surface area (Å²) in [6, 6.07) is 10.7. The van der Waals surface area contributed by atoms with Gasteiger partial charge < -0.3 is 15.1 Å². The molecule has 3 aromatic rings. The lowest BCUT2D eigenvalue weighted by Crippen LogP contribution is -2.46. The van der Waals surface area contributed by atoms with Crippen LogP contribution in [0.1, 0.15) is 23.1 Å². The molecule has 0 spiro atoms. The maximum absolute atomic E-state index is 13.0. The fraction of sp³-hybridized carbons (Fsp3) is 0.381. The van der Waals surface area contributed by atoms with E-state index in [1.165, 1.54) is 23.5 Å². The maximum Gasteiger partial charge on any atom is 0.205 e. The van der Waals surface area contributed by atoms with E-state index in [0.717, 1.165) is 59.8 Å². The van der Waals surface area contributed by atoms with Crippen molar-refractivity contribution < 1.29 is 4.39 Å². The van der Waals surface area contributed by atoms with Crippen molar-refractivity contribution in [2.24, 2.45) is 0 Å². The summed E-state index contributed by atoms with van der Waals surface area (Å²) in [5.74, 6) is 0.818. The van der Waals surface area contributed by atoms with Gasteiger partial charge in [-0.15, -0.1) is 10.2 Å². The van der Waals surface area contributed by atoms with Gasteiger partial charge in [-0.1, -0.05) is 36.5 Å². The first-order chi connectivity index (χ1) is 14.2. The maximum atomic E-state index is 13.0. The summed E-state index contributed by atoms with van der Waals surface area (Å²) in [5.41, 5.74) is 2.13. The van der Waals surface area contributed by atoms with Crippen LogP contribution in [0.3, 0.4) is 0 Å². The minimum absolute atomic E-state index is 0.226. The zero-order valence-electron chi connectivity index (χ0n) is 16.5. The van der Waals surface area contributed by atoms with Gasteiger partial charge in [-0.2, -0.15) is 0 Å². The number of likely N-dealkylation sites (N-methyl/N-ethyl adjacent to an activating group) is 1. The summed E-state index contributed by atoms with van der Waals surface area (Å²) in [6.45, 7) is 8.22. The Bertz CT molecular complexity index is 904. The average Bonchev–Trinajstić information content (AvgIpc) is 3.22. The lowest BCUT2D eigenvalue weighted by atomic mass is 10.2. The van der Waals surface area contributed by atoms with E-state index in [9.17, 15) is 4.39 Å². The molecule has 6 nitrogen and oxygen atoms in total. The fourth-order valence-electron chi connectivity index (χ4n) is 3.35. The van der Waals surface area contributed by atoms with Crippen molar-refractivity contribution in [2.45, 2.75) is 19.9 Å². The number of nitrogens with zero attached hydrogens (tertiary/aromatic N) is 5. The van der Waals surface area contributed by atoms with E-state index >= 15 is 0 Å². The minimum atomic E-state index is -0.226. The highest BCUT2D eigenvalue weighted by Gasteiger charge is 2.16. The van der Waals surface area contributed by atoms with Gasteiger partial charge >= 0.3 is 0 Å². The molecule has 1 aromatic carbocycles. The van der Waals surface area contributed by atoms with Crippen LogP contribution < -0.4 is 10.2 Å². The highest BCUT2D eigenvalue weighted by Crippen LogP contribution is 2.20. The summed E-state index contributed by atoms with van der Waals surface area (Å²) in [5, 5.41) is 13.4. The Hall–Kier alpha value is -2.58. The van der Waals surface area contributed by atoms with Gasteiger partial charge in [0, 0.05) is 45.3 Å². The zero-order valence-corrected chi connectivity index (χ0v) is 17.3. The number of anilines is 2. The molecule has 1 saturated heterocycles. The van der Waals surface area contributed by atoms with Crippen molar-refractivity contribution in [2.75, 3.05) is 42.9 Å². The van der Waals surface area contributed by atoms with E-state index in [2.05, 4.69) is 49.4 Å². The number of aromatic nitrogens is 3. The van der Waals surface area contributed by atoms with Crippen molar-refractivity contribution in [1.29, 1.82) is 0 Å². The molecule has 1 aliphatic heterocycles. The highest BCUT2D eigenvalue weighted by molar-refractivity contribution is 7.15. The van der Waals surface area contributed by atoms with E-state index in [1.807, 2.05) is 6.20 Å². The second-order valence-corrected chi connectivity index (χ2v) is 8.17. The summed E-state index contributed by atoms with van der Waals surface area (Å²) in [7, 11) is 0. The largest absolute Gasteiger partial charge is 0.356 e.